The molecule has 0 aromatic heterocycles. The molecule has 0 spiro atoms. The molecule has 1 N–H and O–H groups in total. The van der Waals surface area contributed by atoms with Gasteiger partial charge in [-0.25, -0.2) is 0 Å². The van der Waals surface area contributed by atoms with Crippen molar-refractivity contribution in [2.75, 3.05) is 6.54 Å². The largest absolute Gasteiger partial charge is 0.356 e. The normalized spacial score (nSPS) is 12.2. The van der Waals surface area contributed by atoms with Crippen LogP contribution in [-0.2, 0) is 9.59 Å². The van der Waals surface area contributed by atoms with Gasteiger partial charge in [-0.15, -0.1) is 0 Å². The summed E-state index contributed by atoms with van der Waals surface area (Å²) in [5, 5.41) is 2.58. The maximum atomic E-state index is 10.4. The van der Waals surface area contributed by atoms with E-state index < -0.39 is 0 Å². The monoisotopic (exact) mass is 143 g/mol. The average molecular weight is 143 g/mol. The third kappa shape index (κ3) is 4.06. The quantitative estimate of drug-likeness (QED) is 0.577. The van der Waals surface area contributed by atoms with Crippen molar-refractivity contribution in [3.05, 3.63) is 0 Å². The van der Waals surface area contributed by atoms with Crippen LogP contribution in [0.15, 0.2) is 0 Å². The van der Waals surface area contributed by atoms with Crippen LogP contribution in [0.5, 0.6) is 0 Å². The molecule has 0 fully saturated rings. The summed E-state index contributed by atoms with van der Waals surface area (Å²) in [6.45, 7) is 3.83. The molecule has 0 rings (SSSR count). The second kappa shape index (κ2) is 4.97. The molecule has 3 nitrogen and oxygen atoms in total. The van der Waals surface area contributed by atoms with Gasteiger partial charge in [-0.2, -0.15) is 0 Å². The first-order valence-electron chi connectivity index (χ1n) is 3.40. The van der Waals surface area contributed by atoms with Crippen molar-refractivity contribution in [3.8, 4) is 0 Å². The standard InChI is InChI=1S/C7H13NO2/c1-3-7(5-9)4-8-6(2)10/h5,7H,3-4H2,1-2H3,(H,8,10). The van der Waals surface area contributed by atoms with Gasteiger partial charge in [-0.05, 0) is 6.42 Å². The van der Waals surface area contributed by atoms with Crippen LogP contribution in [0.3, 0.4) is 0 Å². The molecule has 1 atom stereocenters. The van der Waals surface area contributed by atoms with E-state index >= 15 is 0 Å². The predicted octanol–water partition coefficient (Wildman–Crippen LogP) is 0.348. The summed E-state index contributed by atoms with van der Waals surface area (Å²) in [7, 11) is 0. The summed E-state index contributed by atoms with van der Waals surface area (Å²) < 4.78 is 0. The van der Waals surface area contributed by atoms with E-state index in [2.05, 4.69) is 5.32 Å². The second-order valence-electron chi connectivity index (χ2n) is 2.24. The summed E-state index contributed by atoms with van der Waals surface area (Å²) in [4.78, 5) is 20.6. The molecule has 0 aliphatic heterocycles. The first-order chi connectivity index (χ1) is 4.70. The number of carbonyl (C=O) groups excluding carboxylic acids is 2. The third-order valence-electron chi connectivity index (χ3n) is 1.33. The fraction of sp³-hybridized carbons (Fsp3) is 0.714. The molecule has 0 aliphatic carbocycles. The highest BCUT2D eigenvalue weighted by Gasteiger charge is 2.03. The maximum Gasteiger partial charge on any atom is 0.216 e. The van der Waals surface area contributed by atoms with E-state index in [1.165, 1.54) is 6.92 Å². The second-order valence-corrected chi connectivity index (χ2v) is 2.24. The lowest BCUT2D eigenvalue weighted by Gasteiger charge is -2.05. The van der Waals surface area contributed by atoms with Crippen molar-refractivity contribution < 1.29 is 9.59 Å². The Bertz CT molecular complexity index is 123. The van der Waals surface area contributed by atoms with E-state index in [0.717, 1.165) is 12.7 Å². The van der Waals surface area contributed by atoms with Crippen molar-refractivity contribution in [2.24, 2.45) is 5.92 Å². The van der Waals surface area contributed by atoms with Gasteiger partial charge in [0.1, 0.15) is 6.29 Å². The van der Waals surface area contributed by atoms with E-state index in [1.807, 2.05) is 6.92 Å². The predicted molar refractivity (Wildman–Crippen MR) is 38.5 cm³/mol. The lowest BCUT2D eigenvalue weighted by molar-refractivity contribution is -0.119. The van der Waals surface area contributed by atoms with Crippen LogP contribution in [0.2, 0.25) is 0 Å². The zero-order chi connectivity index (χ0) is 7.98. The summed E-state index contributed by atoms with van der Waals surface area (Å²) >= 11 is 0. The fourth-order valence-corrected chi connectivity index (χ4v) is 0.563. The van der Waals surface area contributed by atoms with Gasteiger partial charge in [0, 0.05) is 19.4 Å². The van der Waals surface area contributed by atoms with E-state index in [9.17, 15) is 9.59 Å². The lowest BCUT2D eigenvalue weighted by Crippen LogP contribution is -2.27. The maximum absolute atomic E-state index is 10.4. The fourth-order valence-electron chi connectivity index (χ4n) is 0.563. The number of hydrogen-bond acceptors (Lipinski definition) is 2. The van der Waals surface area contributed by atoms with Gasteiger partial charge in [0.15, 0.2) is 0 Å². The van der Waals surface area contributed by atoms with E-state index in [-0.39, 0.29) is 11.8 Å². The molecule has 1 unspecified atom stereocenters. The molecule has 0 bridgehead atoms. The Morgan fingerprint density at radius 3 is 2.60 bits per heavy atom. The SMILES string of the molecule is CCC(C=O)CNC(C)=O. The number of aldehydes is 1. The van der Waals surface area contributed by atoms with Gasteiger partial charge >= 0.3 is 0 Å². The van der Waals surface area contributed by atoms with Gasteiger partial charge in [0.25, 0.3) is 0 Å². The summed E-state index contributed by atoms with van der Waals surface area (Å²) in [6.07, 6.45) is 1.65. The summed E-state index contributed by atoms with van der Waals surface area (Å²) in [5.41, 5.74) is 0. The Balaban J connectivity index is 3.44. The molecule has 0 saturated heterocycles. The van der Waals surface area contributed by atoms with Crippen LogP contribution in [-0.4, -0.2) is 18.7 Å². The lowest BCUT2D eigenvalue weighted by atomic mass is 10.1. The average Bonchev–Trinajstić information content (AvgIpc) is 1.90. The third-order valence-corrected chi connectivity index (χ3v) is 1.33. The molecule has 10 heavy (non-hydrogen) atoms. The minimum absolute atomic E-state index is 0.0242. The van der Waals surface area contributed by atoms with Crippen molar-refractivity contribution in [2.45, 2.75) is 20.3 Å². The van der Waals surface area contributed by atoms with Gasteiger partial charge in [-0.1, -0.05) is 6.92 Å². The molecule has 1 amide bonds. The molecule has 0 saturated carbocycles. The highest BCUT2D eigenvalue weighted by molar-refractivity contribution is 5.73. The molecular weight excluding hydrogens is 130 g/mol. The van der Waals surface area contributed by atoms with Crippen LogP contribution < -0.4 is 5.32 Å². The Morgan fingerprint density at radius 2 is 2.30 bits per heavy atom. The van der Waals surface area contributed by atoms with E-state index in [0.29, 0.717) is 6.54 Å². The minimum atomic E-state index is -0.0831. The molecule has 0 radical (unpaired) electrons. The van der Waals surface area contributed by atoms with Gasteiger partial charge in [-0.3, -0.25) is 4.79 Å². The van der Waals surface area contributed by atoms with Crippen molar-refractivity contribution in [1.82, 2.24) is 5.32 Å². The smallest absolute Gasteiger partial charge is 0.216 e. The molecule has 58 valence electrons. The molecule has 3 heteroatoms. The Morgan fingerprint density at radius 1 is 1.70 bits per heavy atom. The number of hydrogen-bond donors (Lipinski definition) is 1. The number of rotatable bonds is 4. The Kier molecular flexibility index (Phi) is 4.54. The van der Waals surface area contributed by atoms with Crippen molar-refractivity contribution in [1.29, 1.82) is 0 Å². The van der Waals surface area contributed by atoms with Gasteiger partial charge in [0.05, 0.1) is 0 Å². The topological polar surface area (TPSA) is 46.2 Å². The minimum Gasteiger partial charge on any atom is -0.356 e. The molecular formula is C7H13NO2. The Hall–Kier alpha value is -0.860. The number of carbonyl (C=O) groups is 2. The molecule has 0 aromatic carbocycles. The van der Waals surface area contributed by atoms with Crippen LogP contribution >= 0.6 is 0 Å². The first kappa shape index (κ1) is 9.14. The van der Waals surface area contributed by atoms with E-state index in [4.69, 9.17) is 0 Å². The molecule has 0 aliphatic rings. The first-order valence-corrected chi connectivity index (χ1v) is 3.40. The van der Waals surface area contributed by atoms with Crippen LogP contribution in [0, 0.1) is 5.92 Å². The van der Waals surface area contributed by atoms with Crippen molar-refractivity contribution in [3.63, 3.8) is 0 Å². The summed E-state index contributed by atoms with van der Waals surface area (Å²) in [5.74, 6) is -0.107. The highest BCUT2D eigenvalue weighted by Crippen LogP contribution is 1.94. The Labute approximate surface area is 60.8 Å². The molecule has 0 heterocycles. The zero-order valence-corrected chi connectivity index (χ0v) is 6.39. The van der Waals surface area contributed by atoms with Crippen LogP contribution in [0.1, 0.15) is 20.3 Å². The molecule has 0 aromatic rings. The zero-order valence-electron chi connectivity index (χ0n) is 6.39. The van der Waals surface area contributed by atoms with E-state index in [1.54, 1.807) is 0 Å². The van der Waals surface area contributed by atoms with Crippen LogP contribution in [0.4, 0.5) is 0 Å². The number of nitrogens with one attached hydrogen (secondary N) is 1. The van der Waals surface area contributed by atoms with Gasteiger partial charge in [0.2, 0.25) is 5.91 Å². The summed E-state index contributed by atoms with van der Waals surface area (Å²) in [6, 6.07) is 0. The van der Waals surface area contributed by atoms with Crippen molar-refractivity contribution >= 4 is 12.2 Å². The highest BCUT2D eigenvalue weighted by atomic mass is 16.1. The number of amides is 1. The van der Waals surface area contributed by atoms with Crippen LogP contribution in [0.25, 0.3) is 0 Å². The van der Waals surface area contributed by atoms with Gasteiger partial charge < -0.3 is 10.1 Å².